The molecular formula is C19H19N3O2S2. The van der Waals surface area contributed by atoms with Gasteiger partial charge in [-0.2, -0.15) is 5.26 Å². The molecule has 1 aromatic carbocycles. The first-order valence-corrected chi connectivity index (χ1v) is 9.56. The van der Waals surface area contributed by atoms with Crippen molar-refractivity contribution in [2.45, 2.75) is 26.2 Å². The number of carbonyl (C=O) groups excluding carboxylic acids is 1. The Kier molecular flexibility index (Phi) is 5.55. The highest BCUT2D eigenvalue weighted by molar-refractivity contribution is 7.80. The third kappa shape index (κ3) is 3.71. The number of fused-ring (bicyclic) bond motifs is 1. The third-order valence-electron chi connectivity index (χ3n) is 4.43. The molecule has 0 spiro atoms. The van der Waals surface area contributed by atoms with E-state index in [2.05, 4.69) is 23.6 Å². The molecule has 2 aromatic rings. The molecule has 0 saturated heterocycles. The summed E-state index contributed by atoms with van der Waals surface area (Å²) in [5.74, 6) is 0.747. The highest BCUT2D eigenvalue weighted by Crippen LogP contribution is 2.39. The van der Waals surface area contributed by atoms with Crippen molar-refractivity contribution in [2.24, 2.45) is 5.92 Å². The molecule has 1 unspecified atom stereocenters. The topological polar surface area (TPSA) is 74.2 Å². The molecule has 26 heavy (non-hydrogen) atoms. The van der Waals surface area contributed by atoms with Crippen LogP contribution in [0.5, 0.6) is 5.75 Å². The highest BCUT2D eigenvalue weighted by atomic mass is 32.1. The number of ether oxygens (including phenoxy) is 1. The summed E-state index contributed by atoms with van der Waals surface area (Å²) in [6.45, 7) is 2.22. The number of thiophene rings is 1. The number of nitrogens with one attached hydrogen (secondary N) is 2. The zero-order chi connectivity index (χ0) is 18.7. The summed E-state index contributed by atoms with van der Waals surface area (Å²) < 4.78 is 5.20. The molecule has 0 saturated carbocycles. The van der Waals surface area contributed by atoms with Crippen molar-refractivity contribution in [3.63, 3.8) is 0 Å². The van der Waals surface area contributed by atoms with Crippen molar-refractivity contribution < 1.29 is 9.53 Å². The van der Waals surface area contributed by atoms with E-state index in [1.54, 1.807) is 35.6 Å². The standard InChI is InChI=1S/C19H19N3O2S2/c1-11-7-8-12-14(10-20)18(26-16(12)9-11)22-19(25)21-17(23)13-5-3-4-6-15(13)24-2/h3-6,11H,7-9H2,1-2H3,(H2,21,22,23,25). The van der Waals surface area contributed by atoms with Crippen LogP contribution in [0.3, 0.4) is 0 Å². The molecule has 1 heterocycles. The summed E-state index contributed by atoms with van der Waals surface area (Å²) in [6, 6.07) is 9.22. The van der Waals surface area contributed by atoms with Gasteiger partial charge in [-0.25, -0.2) is 0 Å². The van der Waals surface area contributed by atoms with Crippen molar-refractivity contribution in [1.29, 1.82) is 5.26 Å². The van der Waals surface area contributed by atoms with E-state index in [9.17, 15) is 10.1 Å². The molecule has 0 fully saturated rings. The number of nitriles is 1. The number of anilines is 1. The zero-order valence-electron chi connectivity index (χ0n) is 14.6. The molecule has 2 N–H and O–H groups in total. The second-order valence-corrected chi connectivity index (χ2v) is 7.79. The summed E-state index contributed by atoms with van der Waals surface area (Å²) in [4.78, 5) is 13.7. The molecule has 1 aliphatic rings. The van der Waals surface area contributed by atoms with Crippen LogP contribution in [0.2, 0.25) is 0 Å². The monoisotopic (exact) mass is 385 g/mol. The van der Waals surface area contributed by atoms with E-state index in [0.717, 1.165) is 24.8 Å². The summed E-state index contributed by atoms with van der Waals surface area (Å²) in [5, 5.41) is 16.1. The molecule has 1 aliphatic carbocycles. The smallest absolute Gasteiger partial charge is 0.261 e. The van der Waals surface area contributed by atoms with Gasteiger partial charge in [0.05, 0.1) is 18.2 Å². The van der Waals surface area contributed by atoms with Crippen molar-refractivity contribution in [3.8, 4) is 11.8 Å². The van der Waals surface area contributed by atoms with Gasteiger partial charge in [0, 0.05) is 4.88 Å². The number of amides is 1. The van der Waals surface area contributed by atoms with Crippen LogP contribution in [0.25, 0.3) is 0 Å². The molecule has 0 aliphatic heterocycles. The largest absolute Gasteiger partial charge is 0.496 e. The molecule has 5 nitrogen and oxygen atoms in total. The Hall–Kier alpha value is -2.43. The predicted molar refractivity (Wildman–Crippen MR) is 107 cm³/mol. The Morgan fingerprint density at radius 3 is 2.92 bits per heavy atom. The zero-order valence-corrected chi connectivity index (χ0v) is 16.2. The Labute approximate surface area is 162 Å². The fraction of sp³-hybridized carbons (Fsp3) is 0.316. The lowest BCUT2D eigenvalue weighted by Crippen LogP contribution is -2.34. The Morgan fingerprint density at radius 2 is 2.19 bits per heavy atom. The second-order valence-electron chi connectivity index (χ2n) is 6.28. The number of methoxy groups -OCH3 is 1. The fourth-order valence-electron chi connectivity index (χ4n) is 3.09. The molecule has 1 aromatic heterocycles. The number of para-hydroxylation sites is 1. The van der Waals surface area contributed by atoms with Crippen LogP contribution in [0, 0.1) is 17.2 Å². The normalized spacial score (nSPS) is 15.5. The second kappa shape index (κ2) is 7.85. The van der Waals surface area contributed by atoms with Gasteiger partial charge in [-0.15, -0.1) is 11.3 Å². The lowest BCUT2D eigenvalue weighted by Gasteiger charge is -2.17. The van der Waals surface area contributed by atoms with Gasteiger partial charge in [0.15, 0.2) is 5.11 Å². The van der Waals surface area contributed by atoms with E-state index in [4.69, 9.17) is 17.0 Å². The maximum Gasteiger partial charge on any atom is 0.261 e. The van der Waals surface area contributed by atoms with Crippen LogP contribution in [-0.4, -0.2) is 18.1 Å². The summed E-state index contributed by atoms with van der Waals surface area (Å²) in [6.07, 6.45) is 2.99. The van der Waals surface area contributed by atoms with E-state index in [0.29, 0.717) is 27.8 Å². The quantitative estimate of drug-likeness (QED) is 0.785. The molecule has 0 radical (unpaired) electrons. The number of hydrogen-bond acceptors (Lipinski definition) is 5. The number of nitrogens with zero attached hydrogens (tertiary/aromatic N) is 1. The Morgan fingerprint density at radius 1 is 1.42 bits per heavy atom. The minimum Gasteiger partial charge on any atom is -0.496 e. The summed E-state index contributed by atoms with van der Waals surface area (Å²) in [5.41, 5.74) is 2.17. The molecule has 1 amide bonds. The van der Waals surface area contributed by atoms with Gasteiger partial charge in [0.1, 0.15) is 16.8 Å². The first-order valence-electron chi connectivity index (χ1n) is 8.33. The number of thiocarbonyl (C=S) groups is 1. The van der Waals surface area contributed by atoms with Crippen LogP contribution in [0.1, 0.15) is 39.7 Å². The van der Waals surface area contributed by atoms with E-state index in [1.807, 2.05) is 0 Å². The number of carbonyl (C=O) groups is 1. The molecule has 1 atom stereocenters. The van der Waals surface area contributed by atoms with Crippen LogP contribution in [0.4, 0.5) is 5.00 Å². The molecule has 0 bridgehead atoms. The van der Waals surface area contributed by atoms with Crippen LogP contribution >= 0.6 is 23.6 Å². The van der Waals surface area contributed by atoms with E-state index >= 15 is 0 Å². The maximum absolute atomic E-state index is 12.4. The van der Waals surface area contributed by atoms with Gasteiger partial charge < -0.3 is 10.1 Å². The van der Waals surface area contributed by atoms with Gasteiger partial charge in [0.25, 0.3) is 5.91 Å². The van der Waals surface area contributed by atoms with Crippen molar-refractivity contribution in [2.75, 3.05) is 12.4 Å². The average Bonchev–Trinajstić information content (AvgIpc) is 2.97. The lowest BCUT2D eigenvalue weighted by atomic mass is 9.89. The van der Waals surface area contributed by atoms with E-state index in [-0.39, 0.29) is 11.0 Å². The predicted octanol–water partition coefficient (Wildman–Crippen LogP) is 3.88. The number of rotatable bonds is 3. The van der Waals surface area contributed by atoms with Crippen molar-refractivity contribution in [1.82, 2.24) is 5.32 Å². The molecule has 7 heteroatoms. The van der Waals surface area contributed by atoms with Gasteiger partial charge >= 0.3 is 0 Å². The molecule has 134 valence electrons. The van der Waals surface area contributed by atoms with Crippen LogP contribution in [-0.2, 0) is 12.8 Å². The lowest BCUT2D eigenvalue weighted by molar-refractivity contribution is 0.0975. The van der Waals surface area contributed by atoms with Crippen molar-refractivity contribution in [3.05, 3.63) is 45.8 Å². The van der Waals surface area contributed by atoms with Gasteiger partial charge in [0.2, 0.25) is 0 Å². The van der Waals surface area contributed by atoms with Crippen LogP contribution in [0.15, 0.2) is 24.3 Å². The SMILES string of the molecule is COc1ccccc1C(=O)NC(=S)Nc1sc2c(c1C#N)CCC(C)C2. The molecule has 3 rings (SSSR count). The minimum absolute atomic E-state index is 0.170. The maximum atomic E-state index is 12.4. The summed E-state index contributed by atoms with van der Waals surface area (Å²) in [7, 11) is 1.51. The van der Waals surface area contributed by atoms with E-state index < -0.39 is 0 Å². The first-order chi connectivity index (χ1) is 12.5. The number of benzene rings is 1. The van der Waals surface area contributed by atoms with Gasteiger partial charge in [-0.3, -0.25) is 10.1 Å². The van der Waals surface area contributed by atoms with E-state index in [1.165, 1.54) is 12.0 Å². The number of hydrogen-bond donors (Lipinski definition) is 2. The first kappa shape index (κ1) is 18.4. The highest BCUT2D eigenvalue weighted by Gasteiger charge is 2.24. The third-order valence-corrected chi connectivity index (χ3v) is 5.80. The summed E-state index contributed by atoms with van der Waals surface area (Å²) >= 11 is 6.83. The van der Waals surface area contributed by atoms with Crippen LogP contribution < -0.4 is 15.4 Å². The van der Waals surface area contributed by atoms with Gasteiger partial charge in [-0.05, 0) is 55.1 Å². The average molecular weight is 386 g/mol. The van der Waals surface area contributed by atoms with Crippen molar-refractivity contribution >= 4 is 39.6 Å². The minimum atomic E-state index is -0.353. The van der Waals surface area contributed by atoms with Gasteiger partial charge in [-0.1, -0.05) is 19.1 Å². The Balaban J connectivity index is 1.75. The molecular weight excluding hydrogens is 366 g/mol. The fourth-order valence-corrected chi connectivity index (χ4v) is 4.72. The Bertz CT molecular complexity index is 899.